The molecule has 12 nitrogen and oxygen atoms in total. The summed E-state index contributed by atoms with van der Waals surface area (Å²) in [6.07, 6.45) is 2.16. The summed E-state index contributed by atoms with van der Waals surface area (Å²) in [4.78, 5) is 36.5. The van der Waals surface area contributed by atoms with Crippen molar-refractivity contribution in [2.24, 2.45) is 5.10 Å². The lowest BCUT2D eigenvalue weighted by atomic mass is 10.1. The van der Waals surface area contributed by atoms with Crippen molar-refractivity contribution in [3.8, 4) is 11.5 Å². The van der Waals surface area contributed by atoms with Gasteiger partial charge in [-0.15, -0.1) is 0 Å². The zero-order chi connectivity index (χ0) is 25.8. The molecule has 3 rings (SSSR count). The number of nitro groups is 1. The van der Waals surface area contributed by atoms with Crippen molar-refractivity contribution in [1.82, 2.24) is 15.6 Å². The quantitative estimate of drug-likeness (QED) is 0.155. The van der Waals surface area contributed by atoms with Gasteiger partial charge in [0, 0.05) is 25.7 Å². The molecule has 192 valence electrons. The van der Waals surface area contributed by atoms with Gasteiger partial charge in [0.25, 0.3) is 5.69 Å². The predicted octanol–water partition coefficient (Wildman–Crippen LogP) is 1.47. The molecule has 0 aromatic heterocycles. The van der Waals surface area contributed by atoms with Gasteiger partial charge in [-0.1, -0.05) is 18.2 Å². The first-order valence-corrected chi connectivity index (χ1v) is 11.4. The van der Waals surface area contributed by atoms with Crippen molar-refractivity contribution in [2.75, 3.05) is 46.5 Å². The Kier molecular flexibility index (Phi) is 10.2. The molecule has 1 saturated heterocycles. The number of ether oxygens (including phenoxy) is 3. The van der Waals surface area contributed by atoms with Gasteiger partial charge in [0.15, 0.2) is 11.5 Å². The lowest BCUT2D eigenvalue weighted by Crippen LogP contribution is -2.40. The molecule has 2 amide bonds. The first-order chi connectivity index (χ1) is 17.5. The molecule has 0 saturated carbocycles. The SMILES string of the molecule is COc1cc([N+](=O)[O-])ccc1OCc1cccc(/C=N/NC(=O)C(=O)NCCCN2CCOCC2)c1. The molecule has 1 fully saturated rings. The normalized spacial score (nSPS) is 13.8. The lowest BCUT2D eigenvalue weighted by molar-refractivity contribution is -0.385. The molecule has 0 aliphatic carbocycles. The number of carbonyl (C=O) groups is 2. The van der Waals surface area contributed by atoms with Crippen LogP contribution in [0, 0.1) is 10.1 Å². The molecule has 12 heteroatoms. The van der Waals surface area contributed by atoms with E-state index in [-0.39, 0.29) is 18.0 Å². The summed E-state index contributed by atoms with van der Waals surface area (Å²) in [5.74, 6) is -0.968. The number of hydrogen-bond acceptors (Lipinski definition) is 9. The van der Waals surface area contributed by atoms with Crippen LogP contribution in [0.5, 0.6) is 11.5 Å². The molecule has 1 heterocycles. The Hall–Kier alpha value is -4.03. The number of methoxy groups -OCH3 is 1. The Morgan fingerprint density at radius 1 is 1.17 bits per heavy atom. The fraction of sp³-hybridized carbons (Fsp3) is 0.375. The van der Waals surface area contributed by atoms with E-state index in [0.717, 1.165) is 44.8 Å². The number of rotatable bonds is 11. The Balaban J connectivity index is 1.43. The third-order valence-electron chi connectivity index (χ3n) is 5.33. The predicted molar refractivity (Wildman–Crippen MR) is 131 cm³/mol. The fourth-order valence-corrected chi connectivity index (χ4v) is 3.44. The van der Waals surface area contributed by atoms with Gasteiger partial charge in [0.2, 0.25) is 0 Å². The molecule has 0 radical (unpaired) electrons. The van der Waals surface area contributed by atoms with Crippen molar-refractivity contribution in [1.29, 1.82) is 0 Å². The van der Waals surface area contributed by atoms with Crippen molar-refractivity contribution >= 4 is 23.7 Å². The average Bonchev–Trinajstić information content (AvgIpc) is 2.90. The number of non-ortho nitro benzene ring substituents is 1. The van der Waals surface area contributed by atoms with E-state index in [2.05, 4.69) is 20.7 Å². The summed E-state index contributed by atoms with van der Waals surface area (Å²) in [6.45, 7) is 4.60. The summed E-state index contributed by atoms with van der Waals surface area (Å²) >= 11 is 0. The van der Waals surface area contributed by atoms with Gasteiger partial charge < -0.3 is 19.5 Å². The molecule has 0 spiro atoms. The van der Waals surface area contributed by atoms with Crippen LogP contribution in [0.3, 0.4) is 0 Å². The minimum absolute atomic E-state index is 0.0962. The van der Waals surface area contributed by atoms with E-state index in [4.69, 9.17) is 14.2 Å². The number of amides is 2. The maximum Gasteiger partial charge on any atom is 0.329 e. The van der Waals surface area contributed by atoms with Crippen LogP contribution in [-0.4, -0.2) is 74.4 Å². The van der Waals surface area contributed by atoms with Crippen molar-refractivity contribution < 1.29 is 28.7 Å². The Morgan fingerprint density at radius 2 is 1.97 bits per heavy atom. The van der Waals surface area contributed by atoms with E-state index in [1.54, 1.807) is 18.2 Å². The van der Waals surface area contributed by atoms with E-state index < -0.39 is 16.7 Å². The van der Waals surface area contributed by atoms with Crippen LogP contribution in [0.1, 0.15) is 17.5 Å². The highest BCUT2D eigenvalue weighted by atomic mass is 16.6. The summed E-state index contributed by atoms with van der Waals surface area (Å²) in [6, 6.07) is 11.3. The summed E-state index contributed by atoms with van der Waals surface area (Å²) in [7, 11) is 1.41. The van der Waals surface area contributed by atoms with Gasteiger partial charge in [0.05, 0.1) is 37.5 Å². The monoisotopic (exact) mass is 499 g/mol. The number of nitrogens with zero attached hydrogens (tertiary/aromatic N) is 3. The first-order valence-electron chi connectivity index (χ1n) is 11.4. The second-order valence-electron chi connectivity index (χ2n) is 7.89. The zero-order valence-corrected chi connectivity index (χ0v) is 20.0. The Morgan fingerprint density at radius 3 is 2.72 bits per heavy atom. The van der Waals surface area contributed by atoms with E-state index in [9.17, 15) is 19.7 Å². The average molecular weight is 500 g/mol. The van der Waals surface area contributed by atoms with Crippen LogP contribution in [-0.2, 0) is 20.9 Å². The molecule has 0 unspecified atom stereocenters. The molecular formula is C24H29N5O7. The van der Waals surface area contributed by atoms with Gasteiger partial charge in [-0.2, -0.15) is 5.10 Å². The number of nitro benzene ring substituents is 1. The van der Waals surface area contributed by atoms with Crippen LogP contribution in [0.2, 0.25) is 0 Å². The third-order valence-corrected chi connectivity index (χ3v) is 5.33. The van der Waals surface area contributed by atoms with Gasteiger partial charge in [-0.3, -0.25) is 24.6 Å². The Labute approximate surface area is 208 Å². The molecule has 0 bridgehead atoms. The molecule has 1 aliphatic rings. The van der Waals surface area contributed by atoms with Crippen LogP contribution in [0.15, 0.2) is 47.6 Å². The second kappa shape index (κ2) is 13.8. The molecule has 1 aliphatic heterocycles. The van der Waals surface area contributed by atoms with Gasteiger partial charge in [0.1, 0.15) is 6.61 Å². The fourth-order valence-electron chi connectivity index (χ4n) is 3.44. The smallest absolute Gasteiger partial charge is 0.329 e. The van der Waals surface area contributed by atoms with Gasteiger partial charge in [-0.05, 0) is 36.2 Å². The number of hydrazone groups is 1. The van der Waals surface area contributed by atoms with E-state index in [1.165, 1.54) is 31.5 Å². The number of nitrogens with one attached hydrogen (secondary N) is 2. The van der Waals surface area contributed by atoms with Crippen molar-refractivity contribution in [3.05, 3.63) is 63.7 Å². The van der Waals surface area contributed by atoms with Crippen molar-refractivity contribution in [3.63, 3.8) is 0 Å². The second-order valence-corrected chi connectivity index (χ2v) is 7.89. The summed E-state index contributed by atoms with van der Waals surface area (Å²) < 4.78 is 16.2. The summed E-state index contributed by atoms with van der Waals surface area (Å²) in [5.41, 5.74) is 3.59. The van der Waals surface area contributed by atoms with Gasteiger partial charge >= 0.3 is 11.8 Å². The number of benzene rings is 2. The molecule has 0 atom stereocenters. The maximum atomic E-state index is 11.9. The summed E-state index contributed by atoms with van der Waals surface area (Å²) in [5, 5.41) is 17.3. The van der Waals surface area contributed by atoms with E-state index in [1.807, 2.05) is 6.07 Å². The van der Waals surface area contributed by atoms with E-state index >= 15 is 0 Å². The molecule has 2 aromatic rings. The van der Waals surface area contributed by atoms with Crippen LogP contribution >= 0.6 is 0 Å². The van der Waals surface area contributed by atoms with Crippen LogP contribution in [0.4, 0.5) is 5.69 Å². The molecule has 2 aromatic carbocycles. The topological polar surface area (TPSA) is 145 Å². The first kappa shape index (κ1) is 26.6. The standard InChI is InChI=1S/C24H29N5O7/c1-34-22-15-20(29(32)33)6-7-21(22)36-17-19-5-2-4-18(14-19)16-26-27-24(31)23(30)25-8-3-9-28-10-12-35-13-11-28/h2,4-7,14-16H,3,8-13,17H2,1H3,(H,25,30)(H,27,31)/b26-16+. The molecule has 2 N–H and O–H groups in total. The zero-order valence-electron chi connectivity index (χ0n) is 20.0. The Bertz CT molecular complexity index is 1090. The highest BCUT2D eigenvalue weighted by Gasteiger charge is 2.14. The number of hydrogen-bond donors (Lipinski definition) is 2. The van der Waals surface area contributed by atoms with Crippen LogP contribution in [0.25, 0.3) is 0 Å². The minimum Gasteiger partial charge on any atom is -0.493 e. The van der Waals surface area contributed by atoms with Crippen LogP contribution < -0.4 is 20.2 Å². The largest absolute Gasteiger partial charge is 0.493 e. The highest BCUT2D eigenvalue weighted by molar-refractivity contribution is 6.35. The minimum atomic E-state index is -0.845. The number of morpholine rings is 1. The molecule has 36 heavy (non-hydrogen) atoms. The van der Waals surface area contributed by atoms with Crippen molar-refractivity contribution in [2.45, 2.75) is 13.0 Å². The molecular weight excluding hydrogens is 470 g/mol. The van der Waals surface area contributed by atoms with Gasteiger partial charge in [-0.25, -0.2) is 5.43 Å². The van der Waals surface area contributed by atoms with E-state index in [0.29, 0.717) is 17.9 Å². The number of carbonyl (C=O) groups excluding carboxylic acids is 2. The maximum absolute atomic E-state index is 11.9. The third kappa shape index (κ3) is 8.32. The lowest BCUT2D eigenvalue weighted by Gasteiger charge is -2.26. The highest BCUT2D eigenvalue weighted by Crippen LogP contribution is 2.31.